The monoisotopic (exact) mass is 335 g/mol. The first kappa shape index (κ1) is 16.7. The van der Waals surface area contributed by atoms with Crippen LogP contribution in [0, 0.1) is 6.92 Å². The van der Waals surface area contributed by atoms with Crippen molar-refractivity contribution in [3.05, 3.63) is 11.9 Å². The van der Waals surface area contributed by atoms with E-state index >= 15 is 0 Å². The van der Waals surface area contributed by atoms with E-state index in [2.05, 4.69) is 20.4 Å². The van der Waals surface area contributed by atoms with Crippen LogP contribution in [0.1, 0.15) is 12.1 Å². The molecular weight excluding hydrogens is 314 g/mol. The van der Waals surface area contributed by atoms with Crippen molar-refractivity contribution in [2.75, 3.05) is 39.3 Å². The van der Waals surface area contributed by atoms with Crippen LogP contribution in [0.3, 0.4) is 0 Å². The summed E-state index contributed by atoms with van der Waals surface area (Å²) in [4.78, 5) is 2.70. The third-order valence-electron chi connectivity index (χ3n) is 4.20. The highest BCUT2D eigenvalue weighted by atomic mass is 35.5. The lowest BCUT2D eigenvalue weighted by Crippen LogP contribution is -2.49. The van der Waals surface area contributed by atoms with Gasteiger partial charge in [-0.25, -0.2) is 8.42 Å². The lowest BCUT2D eigenvalue weighted by Gasteiger charge is -2.32. The fourth-order valence-electron chi connectivity index (χ4n) is 3.01. The van der Waals surface area contributed by atoms with Crippen molar-refractivity contribution in [3.8, 4) is 0 Å². The minimum atomic E-state index is -3.40. The number of nitrogens with one attached hydrogen (secondary N) is 2. The van der Waals surface area contributed by atoms with E-state index in [0.29, 0.717) is 29.7 Å². The molecular formula is C12H22ClN5O2S. The van der Waals surface area contributed by atoms with Gasteiger partial charge in [0.25, 0.3) is 0 Å². The number of H-pyrrole nitrogens is 1. The van der Waals surface area contributed by atoms with Gasteiger partial charge in [0.05, 0.1) is 11.9 Å². The molecule has 0 amide bonds. The number of aromatic amines is 1. The zero-order chi connectivity index (χ0) is 14.2. The molecule has 3 rings (SSSR count). The number of piperazine rings is 1. The van der Waals surface area contributed by atoms with Crippen LogP contribution in [-0.4, -0.2) is 73.1 Å². The van der Waals surface area contributed by atoms with Gasteiger partial charge in [-0.05, 0) is 13.3 Å². The van der Waals surface area contributed by atoms with Crippen LogP contribution in [0.5, 0.6) is 0 Å². The summed E-state index contributed by atoms with van der Waals surface area (Å²) in [6, 6.07) is 0.346. The first-order valence-electron chi connectivity index (χ1n) is 7.04. The van der Waals surface area contributed by atoms with Gasteiger partial charge < -0.3 is 5.32 Å². The summed E-state index contributed by atoms with van der Waals surface area (Å²) in [6.45, 7) is 6.92. The van der Waals surface area contributed by atoms with Gasteiger partial charge in [0.2, 0.25) is 10.0 Å². The van der Waals surface area contributed by atoms with E-state index < -0.39 is 10.0 Å². The average molecular weight is 336 g/mol. The largest absolute Gasteiger partial charge is 0.314 e. The lowest BCUT2D eigenvalue weighted by molar-refractivity contribution is 0.179. The number of rotatable bonds is 3. The molecule has 1 atom stereocenters. The van der Waals surface area contributed by atoms with Gasteiger partial charge in [0.1, 0.15) is 4.90 Å². The Kier molecular flexibility index (Phi) is 5.26. The summed E-state index contributed by atoms with van der Waals surface area (Å²) in [6.07, 6.45) is 2.32. The van der Waals surface area contributed by atoms with Gasteiger partial charge in [-0.3, -0.25) is 10.00 Å². The maximum Gasteiger partial charge on any atom is 0.246 e. The molecule has 2 aliphatic heterocycles. The highest BCUT2D eigenvalue weighted by Gasteiger charge is 2.36. The maximum atomic E-state index is 12.6. The molecule has 0 saturated carbocycles. The third-order valence-corrected chi connectivity index (χ3v) is 6.17. The standard InChI is InChI=1S/C12H21N5O2S.ClH/c1-10-12(8-14-15-10)20(18,19)17-5-2-11(9-17)16-6-3-13-4-7-16;/h8,11,13H,2-7,9H2,1H3,(H,14,15);1H. The number of nitrogens with zero attached hydrogens (tertiary/aromatic N) is 3. The van der Waals surface area contributed by atoms with Gasteiger partial charge in [0.15, 0.2) is 0 Å². The minimum absolute atomic E-state index is 0. The van der Waals surface area contributed by atoms with Crippen molar-refractivity contribution >= 4 is 22.4 Å². The van der Waals surface area contributed by atoms with Gasteiger partial charge in [-0.15, -0.1) is 12.4 Å². The third kappa shape index (κ3) is 3.24. The minimum Gasteiger partial charge on any atom is -0.314 e. The van der Waals surface area contributed by atoms with E-state index in [4.69, 9.17) is 0 Å². The van der Waals surface area contributed by atoms with E-state index in [1.54, 1.807) is 11.2 Å². The summed E-state index contributed by atoms with van der Waals surface area (Å²) >= 11 is 0. The predicted octanol–water partition coefficient (Wildman–Crippen LogP) is -0.192. The number of halogens is 1. The van der Waals surface area contributed by atoms with Crippen molar-refractivity contribution in [3.63, 3.8) is 0 Å². The molecule has 1 aromatic heterocycles. The quantitative estimate of drug-likeness (QED) is 0.800. The fraction of sp³-hybridized carbons (Fsp3) is 0.750. The summed E-state index contributed by atoms with van der Waals surface area (Å²) < 4.78 is 26.8. The topological polar surface area (TPSA) is 81.3 Å². The number of aromatic nitrogens is 2. The first-order valence-corrected chi connectivity index (χ1v) is 8.48. The highest BCUT2D eigenvalue weighted by Crippen LogP contribution is 2.24. The van der Waals surface area contributed by atoms with Crippen LogP contribution in [0.2, 0.25) is 0 Å². The van der Waals surface area contributed by atoms with Crippen molar-refractivity contribution in [2.45, 2.75) is 24.3 Å². The lowest BCUT2D eigenvalue weighted by atomic mass is 10.2. The smallest absolute Gasteiger partial charge is 0.246 e. The molecule has 21 heavy (non-hydrogen) atoms. The number of sulfonamides is 1. The first-order chi connectivity index (χ1) is 9.59. The molecule has 0 aromatic carbocycles. The average Bonchev–Trinajstić information content (AvgIpc) is 3.08. The Hall–Kier alpha value is -0.670. The second-order valence-corrected chi connectivity index (χ2v) is 7.36. The maximum absolute atomic E-state index is 12.6. The predicted molar refractivity (Wildman–Crippen MR) is 82.2 cm³/mol. The van der Waals surface area contributed by atoms with Crippen LogP contribution in [-0.2, 0) is 10.0 Å². The summed E-state index contributed by atoms with van der Waals surface area (Å²) in [5, 5.41) is 9.84. The van der Waals surface area contributed by atoms with Crippen LogP contribution in [0.25, 0.3) is 0 Å². The van der Waals surface area contributed by atoms with Gasteiger partial charge in [-0.1, -0.05) is 0 Å². The van der Waals surface area contributed by atoms with Crippen LogP contribution < -0.4 is 5.32 Å². The molecule has 0 bridgehead atoms. The summed E-state index contributed by atoms with van der Waals surface area (Å²) in [5.74, 6) is 0. The molecule has 3 heterocycles. The molecule has 2 N–H and O–H groups in total. The van der Waals surface area contributed by atoms with Crippen LogP contribution >= 0.6 is 12.4 Å². The second-order valence-electron chi connectivity index (χ2n) is 5.45. The van der Waals surface area contributed by atoms with E-state index in [9.17, 15) is 8.42 Å². The van der Waals surface area contributed by atoms with Crippen molar-refractivity contribution < 1.29 is 8.42 Å². The van der Waals surface area contributed by atoms with Crippen molar-refractivity contribution in [1.29, 1.82) is 0 Å². The Balaban J connectivity index is 0.00000161. The van der Waals surface area contributed by atoms with E-state index in [1.165, 1.54) is 6.20 Å². The molecule has 1 unspecified atom stereocenters. The van der Waals surface area contributed by atoms with E-state index in [1.807, 2.05) is 0 Å². The second kappa shape index (κ2) is 6.62. The van der Waals surface area contributed by atoms with Crippen molar-refractivity contribution in [2.24, 2.45) is 0 Å². The highest BCUT2D eigenvalue weighted by molar-refractivity contribution is 7.89. The molecule has 2 saturated heterocycles. The number of hydrogen-bond donors (Lipinski definition) is 2. The Bertz CT molecular complexity index is 570. The Morgan fingerprint density at radius 3 is 2.62 bits per heavy atom. The van der Waals surface area contributed by atoms with Gasteiger partial charge >= 0.3 is 0 Å². The molecule has 0 aliphatic carbocycles. The van der Waals surface area contributed by atoms with E-state index in [0.717, 1.165) is 32.6 Å². The Morgan fingerprint density at radius 1 is 1.29 bits per heavy atom. The molecule has 2 fully saturated rings. The molecule has 120 valence electrons. The van der Waals surface area contributed by atoms with Crippen molar-refractivity contribution in [1.82, 2.24) is 24.7 Å². The van der Waals surface area contributed by atoms with Crippen LogP contribution in [0.15, 0.2) is 11.1 Å². The summed E-state index contributed by atoms with van der Waals surface area (Å²) in [7, 11) is -3.40. The Morgan fingerprint density at radius 2 is 2.00 bits per heavy atom. The van der Waals surface area contributed by atoms with Gasteiger partial charge in [0, 0.05) is 45.3 Å². The van der Waals surface area contributed by atoms with Gasteiger partial charge in [-0.2, -0.15) is 9.40 Å². The number of aryl methyl sites for hydroxylation is 1. The fourth-order valence-corrected chi connectivity index (χ4v) is 4.62. The SMILES string of the molecule is Cc1[nH]ncc1S(=O)(=O)N1CCC(N2CCNCC2)C1.Cl. The van der Waals surface area contributed by atoms with Crippen LogP contribution in [0.4, 0.5) is 0 Å². The Labute approximate surface area is 131 Å². The molecule has 9 heteroatoms. The molecule has 2 aliphatic rings. The molecule has 1 aromatic rings. The zero-order valence-corrected chi connectivity index (χ0v) is 13.7. The summed E-state index contributed by atoms with van der Waals surface area (Å²) in [5.41, 5.74) is 0.607. The normalized spacial score (nSPS) is 24.9. The zero-order valence-electron chi connectivity index (χ0n) is 12.1. The van der Waals surface area contributed by atoms with E-state index in [-0.39, 0.29) is 12.4 Å². The molecule has 7 nitrogen and oxygen atoms in total. The molecule has 0 spiro atoms. The molecule has 0 radical (unpaired) electrons. The number of hydrogen-bond acceptors (Lipinski definition) is 5.